The predicted octanol–water partition coefficient (Wildman–Crippen LogP) is 1.18. The van der Waals surface area contributed by atoms with Gasteiger partial charge in [0.05, 0.1) is 18.8 Å². The molecule has 2 unspecified atom stereocenters. The molecular weight excluding hydrogens is 268 g/mol. The van der Waals surface area contributed by atoms with Gasteiger partial charge in [0.2, 0.25) is 0 Å². The van der Waals surface area contributed by atoms with Crippen LogP contribution in [0.25, 0.3) is 0 Å². The topological polar surface area (TPSA) is 65.5 Å². The molecule has 1 aromatic heterocycles. The lowest BCUT2D eigenvalue weighted by Crippen LogP contribution is -2.43. The van der Waals surface area contributed by atoms with E-state index in [0.29, 0.717) is 6.61 Å². The van der Waals surface area contributed by atoms with Crippen molar-refractivity contribution in [2.45, 2.75) is 31.8 Å². The Balaban J connectivity index is 2.87. The molecule has 2 N–H and O–H groups in total. The van der Waals surface area contributed by atoms with Gasteiger partial charge < -0.3 is 15.2 Å². The highest BCUT2D eigenvalue weighted by atomic mass is 16.5. The molecule has 6 heteroatoms. The van der Waals surface area contributed by atoms with Crippen LogP contribution in [0.15, 0.2) is 12.4 Å². The minimum absolute atomic E-state index is 0.0774. The number of ether oxygens (including phenoxy) is 2. The first-order valence-electron chi connectivity index (χ1n) is 7.60. The molecule has 0 bridgehead atoms. The largest absolute Gasteiger partial charge is 0.385 e. The molecule has 1 heterocycles. The van der Waals surface area contributed by atoms with Crippen molar-refractivity contribution in [1.29, 1.82) is 0 Å². The predicted molar refractivity (Wildman–Crippen MR) is 84.2 cm³/mol. The first-order chi connectivity index (χ1) is 10.1. The Morgan fingerprint density at radius 3 is 2.52 bits per heavy atom. The van der Waals surface area contributed by atoms with Gasteiger partial charge in [-0.05, 0) is 12.8 Å². The second-order valence-electron chi connectivity index (χ2n) is 5.34. The summed E-state index contributed by atoms with van der Waals surface area (Å²) in [5, 5.41) is 4.29. The summed E-state index contributed by atoms with van der Waals surface area (Å²) in [5.41, 5.74) is 7.55. The van der Waals surface area contributed by atoms with Crippen LogP contribution < -0.4 is 5.73 Å². The Hall–Kier alpha value is -0.950. The lowest BCUT2D eigenvalue weighted by molar-refractivity contribution is 0.0952. The molecule has 0 aliphatic carbocycles. The summed E-state index contributed by atoms with van der Waals surface area (Å²) in [6, 6.07) is 0.240. The van der Waals surface area contributed by atoms with Gasteiger partial charge in [0, 0.05) is 58.8 Å². The second kappa shape index (κ2) is 9.89. The maximum Gasteiger partial charge on any atom is 0.0589 e. The highest BCUT2D eigenvalue weighted by Gasteiger charge is 2.26. The van der Waals surface area contributed by atoms with E-state index in [1.165, 1.54) is 5.56 Å². The molecule has 6 nitrogen and oxygen atoms in total. The third kappa shape index (κ3) is 5.74. The molecular formula is C15H30N4O2. The van der Waals surface area contributed by atoms with Gasteiger partial charge in [0.15, 0.2) is 0 Å². The molecule has 2 atom stereocenters. The number of rotatable bonds is 11. The van der Waals surface area contributed by atoms with Gasteiger partial charge in [0.25, 0.3) is 0 Å². The number of hydrogen-bond donors (Lipinski definition) is 1. The fourth-order valence-electron chi connectivity index (χ4n) is 2.56. The van der Waals surface area contributed by atoms with Gasteiger partial charge in [-0.1, -0.05) is 6.92 Å². The summed E-state index contributed by atoms with van der Waals surface area (Å²) in [6.45, 7) is 5.36. The van der Waals surface area contributed by atoms with Crippen LogP contribution in [0.2, 0.25) is 0 Å². The van der Waals surface area contributed by atoms with E-state index in [0.717, 1.165) is 32.5 Å². The number of nitrogens with zero attached hydrogens (tertiary/aromatic N) is 3. The highest BCUT2D eigenvalue weighted by molar-refractivity contribution is 5.13. The van der Waals surface area contributed by atoms with E-state index in [9.17, 15) is 0 Å². The van der Waals surface area contributed by atoms with Crippen molar-refractivity contribution in [2.24, 2.45) is 12.8 Å². The average Bonchev–Trinajstić information content (AvgIpc) is 2.90. The van der Waals surface area contributed by atoms with E-state index in [4.69, 9.17) is 15.2 Å². The first kappa shape index (κ1) is 18.1. The van der Waals surface area contributed by atoms with Crippen LogP contribution in [0.5, 0.6) is 0 Å². The van der Waals surface area contributed by atoms with Crippen LogP contribution in [0.3, 0.4) is 0 Å². The van der Waals surface area contributed by atoms with E-state index < -0.39 is 0 Å². The van der Waals surface area contributed by atoms with E-state index in [1.807, 2.05) is 17.9 Å². The van der Waals surface area contributed by atoms with Gasteiger partial charge in [0.1, 0.15) is 0 Å². The first-order valence-corrected chi connectivity index (χ1v) is 7.60. The summed E-state index contributed by atoms with van der Waals surface area (Å²) < 4.78 is 12.2. The van der Waals surface area contributed by atoms with Gasteiger partial charge in [-0.3, -0.25) is 9.58 Å². The minimum Gasteiger partial charge on any atom is -0.385 e. The summed E-state index contributed by atoms with van der Waals surface area (Å²) in [6.07, 6.45) is 5.87. The molecule has 0 fully saturated rings. The number of nitrogens with two attached hydrogens (primary N) is 1. The number of methoxy groups -OCH3 is 2. The Bertz CT molecular complexity index is 384. The molecule has 0 saturated carbocycles. The van der Waals surface area contributed by atoms with Gasteiger partial charge >= 0.3 is 0 Å². The lowest BCUT2D eigenvalue weighted by atomic mass is 9.98. The van der Waals surface area contributed by atoms with Crippen LogP contribution in [-0.4, -0.2) is 61.2 Å². The van der Waals surface area contributed by atoms with Gasteiger partial charge in [-0.15, -0.1) is 0 Å². The van der Waals surface area contributed by atoms with E-state index in [1.54, 1.807) is 14.2 Å². The molecule has 122 valence electrons. The second-order valence-corrected chi connectivity index (χ2v) is 5.34. The standard InChI is InChI=1S/C15H30N4O2/c1-5-14(16)15(13-11-17-18(2)12-13)19(8-10-21-4)7-6-9-20-3/h11-12,14-15H,5-10,16H2,1-4H3. The van der Waals surface area contributed by atoms with Crippen molar-refractivity contribution >= 4 is 0 Å². The molecule has 21 heavy (non-hydrogen) atoms. The maximum absolute atomic E-state index is 6.38. The van der Waals surface area contributed by atoms with E-state index >= 15 is 0 Å². The molecule has 0 saturated heterocycles. The number of aryl methyl sites for hydroxylation is 1. The summed E-state index contributed by atoms with van der Waals surface area (Å²) >= 11 is 0. The third-order valence-electron chi connectivity index (χ3n) is 3.71. The molecule has 0 aromatic carbocycles. The zero-order chi connectivity index (χ0) is 15.7. The minimum atomic E-state index is 0.0774. The number of aromatic nitrogens is 2. The Labute approximate surface area is 128 Å². The van der Waals surface area contributed by atoms with Crippen LogP contribution in [0, 0.1) is 0 Å². The van der Waals surface area contributed by atoms with Gasteiger partial charge in [-0.2, -0.15) is 5.10 Å². The van der Waals surface area contributed by atoms with Crippen LogP contribution in [-0.2, 0) is 16.5 Å². The van der Waals surface area contributed by atoms with E-state index in [-0.39, 0.29) is 12.1 Å². The van der Waals surface area contributed by atoms with Crippen LogP contribution in [0.1, 0.15) is 31.4 Å². The Morgan fingerprint density at radius 1 is 1.29 bits per heavy atom. The maximum atomic E-state index is 6.38. The normalized spacial score (nSPS) is 14.6. The van der Waals surface area contributed by atoms with Crippen molar-refractivity contribution in [3.05, 3.63) is 18.0 Å². The van der Waals surface area contributed by atoms with Crippen molar-refractivity contribution < 1.29 is 9.47 Å². The molecule has 1 aromatic rings. The summed E-state index contributed by atoms with van der Waals surface area (Å²) in [7, 11) is 5.39. The third-order valence-corrected chi connectivity index (χ3v) is 3.71. The van der Waals surface area contributed by atoms with Gasteiger partial charge in [-0.25, -0.2) is 0 Å². The fourth-order valence-corrected chi connectivity index (χ4v) is 2.56. The van der Waals surface area contributed by atoms with Crippen molar-refractivity contribution in [1.82, 2.24) is 14.7 Å². The fraction of sp³-hybridized carbons (Fsp3) is 0.800. The molecule has 0 radical (unpaired) electrons. The van der Waals surface area contributed by atoms with Crippen LogP contribution >= 0.6 is 0 Å². The molecule has 0 amide bonds. The average molecular weight is 298 g/mol. The molecule has 1 rings (SSSR count). The highest BCUT2D eigenvalue weighted by Crippen LogP contribution is 2.24. The summed E-state index contributed by atoms with van der Waals surface area (Å²) in [5.74, 6) is 0. The van der Waals surface area contributed by atoms with Crippen LogP contribution in [0.4, 0.5) is 0 Å². The lowest BCUT2D eigenvalue weighted by Gasteiger charge is -2.34. The van der Waals surface area contributed by atoms with E-state index in [2.05, 4.69) is 23.1 Å². The SMILES string of the molecule is CCC(N)C(c1cnn(C)c1)N(CCCOC)CCOC. The summed E-state index contributed by atoms with van der Waals surface area (Å²) in [4.78, 5) is 2.38. The Morgan fingerprint density at radius 2 is 2.00 bits per heavy atom. The monoisotopic (exact) mass is 298 g/mol. The molecule has 0 spiro atoms. The van der Waals surface area contributed by atoms with Crippen molar-refractivity contribution in [3.8, 4) is 0 Å². The quantitative estimate of drug-likeness (QED) is 0.622. The smallest absolute Gasteiger partial charge is 0.0589 e. The van der Waals surface area contributed by atoms with Crippen molar-refractivity contribution in [3.63, 3.8) is 0 Å². The zero-order valence-electron chi connectivity index (χ0n) is 13.8. The molecule has 0 aliphatic rings. The number of hydrogen-bond acceptors (Lipinski definition) is 5. The molecule has 0 aliphatic heterocycles. The Kier molecular flexibility index (Phi) is 8.52. The zero-order valence-corrected chi connectivity index (χ0v) is 13.8. The van der Waals surface area contributed by atoms with Crippen molar-refractivity contribution in [2.75, 3.05) is 40.5 Å².